The zero-order valence-corrected chi connectivity index (χ0v) is 19.2. The number of ether oxygens (including phenoxy) is 1. The highest BCUT2D eigenvalue weighted by Crippen LogP contribution is 2.26. The minimum absolute atomic E-state index is 0.197. The maximum Gasteiger partial charge on any atom is 0.410 e. The molecular weight excluding hydrogens is 414 g/mol. The largest absolute Gasteiger partial charge is 0.445 e. The second-order valence-corrected chi connectivity index (χ2v) is 9.20. The number of anilines is 1. The summed E-state index contributed by atoms with van der Waals surface area (Å²) in [6.07, 6.45) is 7.38. The van der Waals surface area contributed by atoms with Gasteiger partial charge in [-0.15, -0.1) is 0 Å². The minimum atomic E-state index is -0.197. The maximum absolute atomic E-state index is 12.4. The van der Waals surface area contributed by atoms with Crippen LogP contribution < -0.4 is 4.90 Å². The lowest BCUT2D eigenvalue weighted by molar-refractivity contribution is 0.0700. The molecule has 0 bridgehead atoms. The summed E-state index contributed by atoms with van der Waals surface area (Å²) in [7, 11) is 0. The number of carbonyl (C=O) groups is 1. The molecular formula is C26H33N5O2. The van der Waals surface area contributed by atoms with Gasteiger partial charge in [0.05, 0.1) is 11.7 Å². The second-order valence-electron chi connectivity index (χ2n) is 9.20. The first kappa shape index (κ1) is 21.8. The highest BCUT2D eigenvalue weighted by atomic mass is 16.6. The van der Waals surface area contributed by atoms with Crippen LogP contribution in [0, 0.1) is 5.92 Å². The topological polar surface area (TPSA) is 64.7 Å². The summed E-state index contributed by atoms with van der Waals surface area (Å²) in [6.45, 7) is 6.97. The Morgan fingerprint density at radius 3 is 2.61 bits per heavy atom. The van der Waals surface area contributed by atoms with Gasteiger partial charge < -0.3 is 19.5 Å². The van der Waals surface area contributed by atoms with Gasteiger partial charge in [-0.05, 0) is 49.4 Å². The molecule has 2 aromatic heterocycles. The average molecular weight is 448 g/mol. The number of piperidine rings is 1. The summed E-state index contributed by atoms with van der Waals surface area (Å²) in [6, 6.07) is 14.1. The van der Waals surface area contributed by atoms with Gasteiger partial charge in [-0.25, -0.2) is 9.78 Å². The Labute approximate surface area is 195 Å². The summed E-state index contributed by atoms with van der Waals surface area (Å²) in [5.41, 5.74) is 2.12. The molecule has 0 spiro atoms. The molecule has 0 saturated carbocycles. The Balaban J connectivity index is 1.000. The van der Waals surface area contributed by atoms with E-state index in [0.717, 1.165) is 68.6 Å². The van der Waals surface area contributed by atoms with Crippen LogP contribution in [0.5, 0.6) is 0 Å². The Hall–Kier alpha value is -3.06. The van der Waals surface area contributed by atoms with Crippen molar-refractivity contribution in [1.82, 2.24) is 19.8 Å². The van der Waals surface area contributed by atoms with Crippen LogP contribution in [0.4, 0.5) is 10.6 Å². The predicted molar refractivity (Wildman–Crippen MR) is 130 cm³/mol. The molecule has 174 valence electrons. The zero-order chi connectivity index (χ0) is 22.5. The third-order valence-corrected chi connectivity index (χ3v) is 7.05. The minimum Gasteiger partial charge on any atom is -0.445 e. The Morgan fingerprint density at radius 1 is 1.03 bits per heavy atom. The lowest BCUT2D eigenvalue weighted by Crippen LogP contribution is -2.49. The molecule has 7 heteroatoms. The van der Waals surface area contributed by atoms with Crippen LogP contribution in [0.25, 0.3) is 10.9 Å². The fourth-order valence-electron chi connectivity index (χ4n) is 4.89. The van der Waals surface area contributed by atoms with Crippen molar-refractivity contribution in [2.75, 3.05) is 50.7 Å². The third-order valence-electron chi connectivity index (χ3n) is 7.05. The first-order valence-corrected chi connectivity index (χ1v) is 12.1. The maximum atomic E-state index is 12.4. The van der Waals surface area contributed by atoms with Gasteiger partial charge in [0.1, 0.15) is 12.4 Å². The van der Waals surface area contributed by atoms with Crippen LogP contribution in [0.15, 0.2) is 54.9 Å². The first-order valence-electron chi connectivity index (χ1n) is 12.1. The molecule has 2 aliphatic heterocycles. The zero-order valence-electron chi connectivity index (χ0n) is 19.2. The van der Waals surface area contributed by atoms with E-state index in [1.807, 2.05) is 47.6 Å². The number of nitrogens with zero attached hydrogens (tertiary/aromatic N) is 4. The number of piperazine rings is 1. The summed E-state index contributed by atoms with van der Waals surface area (Å²) in [5.74, 6) is 1.86. The van der Waals surface area contributed by atoms with Crippen LogP contribution in [-0.2, 0) is 11.3 Å². The molecule has 2 fully saturated rings. The fraction of sp³-hybridized carbons (Fsp3) is 0.462. The molecule has 1 amide bonds. The standard InChI is InChI=1S/C26H33N5O2/c32-26(33-20-22-4-2-1-3-5-22)31-16-14-29(15-17-31)11-7-21-8-12-30(13-9-21)25-18-23-6-10-27-24(23)19-28-25/h1-6,10,18-19,21,27H,7-9,11-17,20H2. The van der Waals surface area contributed by atoms with Crippen molar-refractivity contribution in [3.8, 4) is 0 Å². The highest BCUT2D eigenvalue weighted by molar-refractivity contribution is 5.81. The number of hydrogen-bond acceptors (Lipinski definition) is 5. The number of aromatic amines is 1. The molecule has 5 rings (SSSR count). The van der Waals surface area contributed by atoms with Crippen molar-refractivity contribution in [3.63, 3.8) is 0 Å². The van der Waals surface area contributed by atoms with E-state index >= 15 is 0 Å². The number of aromatic nitrogens is 2. The molecule has 0 radical (unpaired) electrons. The molecule has 4 heterocycles. The number of fused-ring (bicyclic) bond motifs is 1. The van der Waals surface area contributed by atoms with E-state index < -0.39 is 0 Å². The number of H-pyrrole nitrogens is 1. The quantitative estimate of drug-likeness (QED) is 0.616. The van der Waals surface area contributed by atoms with E-state index in [1.54, 1.807) is 0 Å². The van der Waals surface area contributed by atoms with Crippen molar-refractivity contribution in [2.24, 2.45) is 5.92 Å². The summed E-state index contributed by atoms with van der Waals surface area (Å²) in [5, 5.41) is 1.23. The van der Waals surface area contributed by atoms with Gasteiger partial charge >= 0.3 is 6.09 Å². The van der Waals surface area contributed by atoms with Gasteiger partial charge in [0.15, 0.2) is 0 Å². The Kier molecular flexibility index (Phi) is 6.76. The van der Waals surface area contributed by atoms with Crippen LogP contribution in [0.2, 0.25) is 0 Å². The van der Waals surface area contributed by atoms with Gasteiger partial charge in [0.2, 0.25) is 0 Å². The van der Waals surface area contributed by atoms with Crippen LogP contribution >= 0.6 is 0 Å². The van der Waals surface area contributed by atoms with Crippen molar-refractivity contribution >= 4 is 22.8 Å². The van der Waals surface area contributed by atoms with Gasteiger partial charge in [-0.2, -0.15) is 0 Å². The van der Waals surface area contributed by atoms with Crippen LogP contribution in [0.3, 0.4) is 0 Å². The van der Waals surface area contributed by atoms with Crippen molar-refractivity contribution in [1.29, 1.82) is 0 Å². The molecule has 0 aliphatic carbocycles. The second kappa shape index (κ2) is 10.3. The number of rotatable bonds is 6. The first-order chi connectivity index (χ1) is 16.2. The van der Waals surface area contributed by atoms with Gasteiger partial charge in [0, 0.05) is 50.9 Å². The number of carbonyl (C=O) groups excluding carboxylic acids is 1. The van der Waals surface area contributed by atoms with E-state index in [2.05, 4.69) is 31.9 Å². The van der Waals surface area contributed by atoms with E-state index in [1.165, 1.54) is 24.6 Å². The summed E-state index contributed by atoms with van der Waals surface area (Å²) >= 11 is 0. The van der Waals surface area contributed by atoms with E-state index in [-0.39, 0.29) is 6.09 Å². The highest BCUT2D eigenvalue weighted by Gasteiger charge is 2.24. The smallest absolute Gasteiger partial charge is 0.410 e. The molecule has 0 unspecified atom stereocenters. The summed E-state index contributed by atoms with van der Waals surface area (Å²) < 4.78 is 5.48. The SMILES string of the molecule is O=C(OCc1ccccc1)N1CCN(CCC2CCN(c3cc4cc[nH]c4cn3)CC2)CC1. The number of benzene rings is 1. The van der Waals surface area contributed by atoms with Gasteiger partial charge in [-0.3, -0.25) is 4.90 Å². The molecule has 2 aliphatic rings. The molecule has 1 aromatic carbocycles. The van der Waals surface area contributed by atoms with Crippen molar-refractivity contribution in [2.45, 2.75) is 25.9 Å². The normalized spacial score (nSPS) is 18.1. The van der Waals surface area contributed by atoms with Crippen molar-refractivity contribution in [3.05, 3.63) is 60.4 Å². The molecule has 7 nitrogen and oxygen atoms in total. The molecule has 1 N–H and O–H groups in total. The predicted octanol–water partition coefficient (Wildman–Crippen LogP) is 4.12. The molecule has 2 saturated heterocycles. The van der Waals surface area contributed by atoms with E-state index in [9.17, 15) is 4.79 Å². The molecule has 33 heavy (non-hydrogen) atoms. The lowest BCUT2D eigenvalue weighted by atomic mass is 9.93. The average Bonchev–Trinajstić information content (AvgIpc) is 3.35. The number of hydrogen-bond donors (Lipinski definition) is 1. The van der Waals surface area contributed by atoms with Crippen LogP contribution in [-0.4, -0.2) is 71.7 Å². The lowest BCUT2D eigenvalue weighted by Gasteiger charge is -2.36. The monoisotopic (exact) mass is 447 g/mol. The number of amides is 1. The van der Waals surface area contributed by atoms with Gasteiger partial charge in [0.25, 0.3) is 0 Å². The number of nitrogens with one attached hydrogen (secondary N) is 1. The van der Waals surface area contributed by atoms with Crippen LogP contribution in [0.1, 0.15) is 24.8 Å². The Morgan fingerprint density at radius 2 is 1.82 bits per heavy atom. The number of pyridine rings is 1. The molecule has 0 atom stereocenters. The summed E-state index contributed by atoms with van der Waals surface area (Å²) in [4.78, 5) is 27.0. The van der Waals surface area contributed by atoms with Crippen molar-refractivity contribution < 1.29 is 9.53 Å². The fourth-order valence-corrected chi connectivity index (χ4v) is 4.89. The van der Waals surface area contributed by atoms with E-state index in [4.69, 9.17) is 4.74 Å². The third kappa shape index (κ3) is 5.47. The van der Waals surface area contributed by atoms with E-state index in [0.29, 0.717) is 6.61 Å². The Bertz CT molecular complexity index is 1040. The van der Waals surface area contributed by atoms with Gasteiger partial charge in [-0.1, -0.05) is 30.3 Å². The molecule has 3 aromatic rings.